The second-order valence-electron chi connectivity index (χ2n) is 9.23. The lowest BCUT2D eigenvalue weighted by Gasteiger charge is -2.32. The van der Waals surface area contributed by atoms with Crippen LogP contribution >= 0.6 is 0 Å². The Balaban J connectivity index is 2.37. The molecule has 8 heteroatoms. The lowest BCUT2D eigenvalue weighted by atomic mass is 9.71. The van der Waals surface area contributed by atoms with Crippen molar-refractivity contribution in [3.63, 3.8) is 0 Å². The summed E-state index contributed by atoms with van der Waals surface area (Å²) in [5.74, 6) is 0. The number of allylic oxidation sites excluding steroid dienone is 3. The van der Waals surface area contributed by atoms with Gasteiger partial charge in [0.2, 0.25) is 0 Å². The van der Waals surface area contributed by atoms with Crippen molar-refractivity contribution in [2.45, 2.75) is 50.4 Å². The minimum atomic E-state index is -0.210. The highest BCUT2D eigenvalue weighted by Crippen LogP contribution is 2.53. The lowest BCUT2D eigenvalue weighted by molar-refractivity contribution is -0.0325. The Bertz CT molecular complexity index is 809. The summed E-state index contributed by atoms with van der Waals surface area (Å²) in [5.41, 5.74) is 5.38. The summed E-state index contributed by atoms with van der Waals surface area (Å²) in [6, 6.07) is 8.84. The molecule has 1 aliphatic carbocycles. The predicted molar refractivity (Wildman–Crippen MR) is 148 cm³/mol. The average Bonchev–Trinajstić information content (AvgIpc) is 3.19. The Kier molecular flexibility index (Phi) is 17.4. The van der Waals surface area contributed by atoms with E-state index < -0.39 is 0 Å². The van der Waals surface area contributed by atoms with Gasteiger partial charge < -0.3 is 37.9 Å². The van der Waals surface area contributed by atoms with Crippen LogP contribution < -0.4 is 0 Å². The summed E-state index contributed by atoms with van der Waals surface area (Å²) >= 11 is 0. The van der Waals surface area contributed by atoms with Gasteiger partial charge in [-0.25, -0.2) is 0 Å². The van der Waals surface area contributed by atoms with Crippen LogP contribution in [0.25, 0.3) is 5.57 Å². The topological polar surface area (TPSA) is 73.8 Å². The summed E-state index contributed by atoms with van der Waals surface area (Å²) in [4.78, 5) is 0. The van der Waals surface area contributed by atoms with E-state index in [0.29, 0.717) is 53.6 Å². The Morgan fingerprint density at radius 1 is 0.658 bits per heavy atom. The van der Waals surface area contributed by atoms with Gasteiger partial charge in [0.05, 0.1) is 6.61 Å². The number of fused-ring (bicyclic) bond motifs is 1. The molecule has 0 bridgehead atoms. The van der Waals surface area contributed by atoms with Crippen LogP contribution in [0.1, 0.15) is 56.1 Å². The van der Waals surface area contributed by atoms with Gasteiger partial charge in [-0.3, -0.25) is 0 Å². The smallest absolute Gasteiger partial charge is 0.146 e. The van der Waals surface area contributed by atoms with Gasteiger partial charge in [-0.2, -0.15) is 0 Å². The van der Waals surface area contributed by atoms with Crippen LogP contribution in [-0.2, 0) is 43.3 Å². The molecule has 2 rings (SSSR count). The first-order valence-electron chi connectivity index (χ1n) is 13.5. The number of hydrogen-bond donors (Lipinski definition) is 0. The molecule has 0 saturated carbocycles. The predicted octanol–water partition coefficient (Wildman–Crippen LogP) is 5.46. The van der Waals surface area contributed by atoms with Crippen LogP contribution in [0, 0.1) is 0 Å². The maximum atomic E-state index is 5.68. The summed E-state index contributed by atoms with van der Waals surface area (Å²) < 4.78 is 42.7. The molecule has 0 N–H and O–H groups in total. The molecule has 8 nitrogen and oxygen atoms in total. The van der Waals surface area contributed by atoms with Gasteiger partial charge in [-0.1, -0.05) is 42.0 Å². The van der Waals surface area contributed by atoms with E-state index in [1.165, 1.54) is 22.3 Å². The molecule has 1 unspecified atom stereocenters. The van der Waals surface area contributed by atoms with Crippen LogP contribution in [0.4, 0.5) is 0 Å². The fourth-order valence-corrected chi connectivity index (χ4v) is 5.11. The quantitative estimate of drug-likeness (QED) is 0.0980. The zero-order chi connectivity index (χ0) is 27.3. The summed E-state index contributed by atoms with van der Waals surface area (Å²) in [7, 11) is 6.59. The van der Waals surface area contributed by atoms with Crippen molar-refractivity contribution in [3.05, 3.63) is 53.1 Å². The largest absolute Gasteiger partial charge is 0.359 e. The van der Waals surface area contributed by atoms with Crippen LogP contribution in [-0.4, -0.2) is 82.0 Å². The monoisotopic (exact) mass is 536 g/mol. The van der Waals surface area contributed by atoms with E-state index in [-0.39, 0.29) is 5.41 Å². The number of ether oxygens (including phenoxy) is 8. The standard InChI is InChI=1S/C30H48O8/c1-31-22-35-18-8-7-16-30(17-11-21-38-25-34-4)28-14-6-5-12-26(28)27(13-9-19-36-23-32-2)29(30)15-10-20-37-24-33-3/h5-7,12,14,16H,8-11,13,15,17-25H2,1-4H3/b16-7+. The maximum Gasteiger partial charge on any atom is 0.146 e. The molecule has 0 aliphatic heterocycles. The van der Waals surface area contributed by atoms with E-state index in [4.69, 9.17) is 37.9 Å². The molecule has 0 amide bonds. The van der Waals surface area contributed by atoms with Gasteiger partial charge in [0.15, 0.2) is 0 Å². The fourth-order valence-electron chi connectivity index (χ4n) is 5.11. The molecule has 216 valence electrons. The second-order valence-corrected chi connectivity index (χ2v) is 9.23. The van der Waals surface area contributed by atoms with E-state index in [2.05, 4.69) is 36.4 Å². The first-order valence-corrected chi connectivity index (χ1v) is 13.5. The van der Waals surface area contributed by atoms with Crippen molar-refractivity contribution in [1.29, 1.82) is 0 Å². The van der Waals surface area contributed by atoms with E-state index in [9.17, 15) is 0 Å². The molecule has 1 atom stereocenters. The van der Waals surface area contributed by atoms with Gasteiger partial charge in [0.25, 0.3) is 0 Å². The van der Waals surface area contributed by atoms with Crippen molar-refractivity contribution in [2.24, 2.45) is 0 Å². The molecule has 0 aromatic heterocycles. The molecular formula is C30H48O8. The Labute approximate surface area is 229 Å². The van der Waals surface area contributed by atoms with E-state index >= 15 is 0 Å². The molecule has 38 heavy (non-hydrogen) atoms. The molecule has 1 aromatic carbocycles. The van der Waals surface area contributed by atoms with Crippen LogP contribution in [0.2, 0.25) is 0 Å². The maximum absolute atomic E-state index is 5.68. The van der Waals surface area contributed by atoms with Gasteiger partial charge in [-0.15, -0.1) is 0 Å². The van der Waals surface area contributed by atoms with Gasteiger partial charge in [0.1, 0.15) is 27.2 Å². The van der Waals surface area contributed by atoms with Gasteiger partial charge in [-0.05, 0) is 61.6 Å². The zero-order valence-electron chi connectivity index (χ0n) is 23.8. The molecule has 0 radical (unpaired) electrons. The molecule has 0 fully saturated rings. The van der Waals surface area contributed by atoms with Gasteiger partial charge in [0, 0.05) is 53.7 Å². The third-order valence-corrected chi connectivity index (χ3v) is 6.56. The van der Waals surface area contributed by atoms with Crippen molar-refractivity contribution in [2.75, 3.05) is 82.0 Å². The zero-order valence-corrected chi connectivity index (χ0v) is 23.8. The summed E-state index contributed by atoms with van der Waals surface area (Å²) in [5, 5.41) is 0. The van der Waals surface area contributed by atoms with E-state index in [1.807, 2.05) is 0 Å². The van der Waals surface area contributed by atoms with E-state index in [1.54, 1.807) is 28.4 Å². The highest BCUT2D eigenvalue weighted by molar-refractivity contribution is 5.81. The summed E-state index contributed by atoms with van der Waals surface area (Å²) in [6.07, 6.45) is 11.1. The van der Waals surface area contributed by atoms with Crippen molar-refractivity contribution < 1.29 is 37.9 Å². The lowest BCUT2D eigenvalue weighted by Crippen LogP contribution is -2.25. The SMILES string of the molecule is COCOCC/C=C/C1(CCCOCOC)C(CCCOCOC)=C(CCCOCOC)c2ccccc21. The van der Waals surface area contributed by atoms with Crippen molar-refractivity contribution in [3.8, 4) is 0 Å². The van der Waals surface area contributed by atoms with Crippen LogP contribution in [0.3, 0.4) is 0 Å². The normalized spacial score (nSPS) is 17.2. The number of methoxy groups -OCH3 is 4. The average molecular weight is 537 g/mol. The molecule has 1 aromatic rings. The molecule has 0 saturated heterocycles. The summed E-state index contributed by atoms with van der Waals surface area (Å²) in [6.45, 7) is 3.82. The Hall–Kier alpha value is -1.62. The number of benzene rings is 1. The minimum Gasteiger partial charge on any atom is -0.359 e. The molecule has 0 heterocycles. The highest BCUT2D eigenvalue weighted by Gasteiger charge is 2.41. The Morgan fingerprint density at radius 2 is 1.21 bits per heavy atom. The molecular weight excluding hydrogens is 488 g/mol. The molecule has 0 spiro atoms. The first-order chi connectivity index (χ1) is 18.7. The van der Waals surface area contributed by atoms with Crippen LogP contribution in [0.5, 0.6) is 0 Å². The molecule has 1 aliphatic rings. The fraction of sp³-hybridized carbons (Fsp3) is 0.667. The number of hydrogen-bond acceptors (Lipinski definition) is 8. The van der Waals surface area contributed by atoms with E-state index in [0.717, 1.165) is 44.9 Å². The van der Waals surface area contributed by atoms with Crippen molar-refractivity contribution >= 4 is 5.57 Å². The second kappa shape index (κ2) is 20.3. The highest BCUT2D eigenvalue weighted by atomic mass is 16.7. The minimum absolute atomic E-state index is 0.210. The third-order valence-electron chi connectivity index (χ3n) is 6.56. The van der Waals surface area contributed by atoms with Crippen LogP contribution in [0.15, 0.2) is 42.0 Å². The number of rotatable bonds is 24. The Morgan fingerprint density at radius 3 is 1.84 bits per heavy atom. The van der Waals surface area contributed by atoms with Crippen molar-refractivity contribution in [1.82, 2.24) is 0 Å². The third kappa shape index (κ3) is 10.5. The first kappa shape index (κ1) is 32.6. The van der Waals surface area contributed by atoms with Gasteiger partial charge >= 0.3 is 0 Å².